The molecule has 1 aliphatic heterocycles. The normalized spacial score (nSPS) is 18.4. The summed E-state index contributed by atoms with van der Waals surface area (Å²) in [6.07, 6.45) is 8.28. The number of thiocarbonyl (C=S) groups is 1. The predicted molar refractivity (Wildman–Crippen MR) is 92.3 cm³/mol. The van der Waals surface area contributed by atoms with E-state index in [1.165, 1.54) is 45.1 Å². The van der Waals surface area contributed by atoms with Crippen LogP contribution >= 0.6 is 12.2 Å². The number of hydrogen-bond donors (Lipinski definition) is 1. The van der Waals surface area contributed by atoms with E-state index in [9.17, 15) is 0 Å². The minimum absolute atomic E-state index is 0.137. The van der Waals surface area contributed by atoms with Gasteiger partial charge in [0.1, 0.15) is 0 Å². The highest BCUT2D eigenvalue weighted by atomic mass is 32.1. The minimum atomic E-state index is -0.137. The molecule has 2 N–H and O–H groups in total. The second-order valence-electron chi connectivity index (χ2n) is 6.52. The number of nitrogens with two attached hydrogens (primary N) is 1. The summed E-state index contributed by atoms with van der Waals surface area (Å²) in [5, 5.41) is 0. The quantitative estimate of drug-likeness (QED) is 0.524. The SMILES string of the molecule is CCCCCCCCN1CCN(C(C)(C)C(N)=S)CC1. The van der Waals surface area contributed by atoms with Crippen LogP contribution in [0, 0.1) is 0 Å². The van der Waals surface area contributed by atoms with E-state index in [1.807, 2.05) is 0 Å². The van der Waals surface area contributed by atoms with Crippen molar-refractivity contribution in [3.05, 3.63) is 0 Å². The first kappa shape index (κ1) is 17.9. The summed E-state index contributed by atoms with van der Waals surface area (Å²) in [5.41, 5.74) is 5.71. The van der Waals surface area contributed by atoms with Gasteiger partial charge in [-0.1, -0.05) is 51.2 Å². The summed E-state index contributed by atoms with van der Waals surface area (Å²) in [6, 6.07) is 0. The van der Waals surface area contributed by atoms with E-state index in [1.54, 1.807) is 0 Å². The highest BCUT2D eigenvalue weighted by molar-refractivity contribution is 7.80. The molecule has 0 spiro atoms. The van der Waals surface area contributed by atoms with Crippen LogP contribution in [0.3, 0.4) is 0 Å². The summed E-state index contributed by atoms with van der Waals surface area (Å²) >= 11 is 5.18. The van der Waals surface area contributed by atoms with Crippen molar-refractivity contribution < 1.29 is 0 Å². The van der Waals surface area contributed by atoms with Crippen molar-refractivity contribution in [1.82, 2.24) is 9.80 Å². The molecule has 0 aromatic carbocycles. The van der Waals surface area contributed by atoms with Crippen molar-refractivity contribution in [2.45, 2.75) is 64.8 Å². The van der Waals surface area contributed by atoms with E-state index in [-0.39, 0.29) is 5.54 Å². The zero-order valence-electron chi connectivity index (χ0n) is 13.7. The van der Waals surface area contributed by atoms with Gasteiger partial charge in [-0.05, 0) is 26.8 Å². The van der Waals surface area contributed by atoms with E-state index >= 15 is 0 Å². The fourth-order valence-corrected chi connectivity index (χ4v) is 2.93. The monoisotopic (exact) mass is 299 g/mol. The average molecular weight is 300 g/mol. The molecule has 0 aromatic rings. The van der Waals surface area contributed by atoms with Gasteiger partial charge in [0.2, 0.25) is 0 Å². The van der Waals surface area contributed by atoms with Crippen LogP contribution in [-0.2, 0) is 0 Å². The second kappa shape index (κ2) is 8.96. The second-order valence-corrected chi connectivity index (χ2v) is 6.96. The Balaban J connectivity index is 2.15. The molecule has 0 aliphatic carbocycles. The molecular formula is C16H33N3S. The predicted octanol–water partition coefficient (Wildman–Crippen LogP) is 3.03. The zero-order valence-corrected chi connectivity index (χ0v) is 14.5. The molecule has 0 saturated carbocycles. The van der Waals surface area contributed by atoms with Crippen molar-refractivity contribution in [3.8, 4) is 0 Å². The maximum absolute atomic E-state index is 5.85. The Morgan fingerprint density at radius 2 is 1.55 bits per heavy atom. The maximum atomic E-state index is 5.85. The largest absolute Gasteiger partial charge is 0.392 e. The Bertz CT molecular complexity index is 283. The number of hydrogen-bond acceptors (Lipinski definition) is 3. The molecule has 0 unspecified atom stereocenters. The number of piperazine rings is 1. The molecule has 0 bridgehead atoms. The van der Waals surface area contributed by atoms with Gasteiger partial charge in [0.15, 0.2) is 0 Å². The Morgan fingerprint density at radius 1 is 1.00 bits per heavy atom. The van der Waals surface area contributed by atoms with Gasteiger partial charge in [0, 0.05) is 26.2 Å². The summed E-state index contributed by atoms with van der Waals surface area (Å²) in [5.74, 6) is 0. The first-order valence-electron chi connectivity index (χ1n) is 8.25. The van der Waals surface area contributed by atoms with Crippen molar-refractivity contribution in [2.75, 3.05) is 32.7 Å². The standard InChI is InChI=1S/C16H33N3S/c1-4-5-6-7-8-9-10-18-11-13-19(14-12-18)16(2,3)15(17)20/h4-14H2,1-3H3,(H2,17,20). The molecule has 0 radical (unpaired) electrons. The van der Waals surface area contributed by atoms with Crippen LogP contribution in [0.4, 0.5) is 0 Å². The fourth-order valence-electron chi connectivity index (χ4n) is 2.80. The van der Waals surface area contributed by atoms with Crippen LogP contribution < -0.4 is 5.73 Å². The first-order valence-corrected chi connectivity index (χ1v) is 8.66. The summed E-state index contributed by atoms with van der Waals surface area (Å²) in [4.78, 5) is 5.63. The molecule has 1 heterocycles. The topological polar surface area (TPSA) is 32.5 Å². The Labute approximate surface area is 130 Å². The zero-order chi connectivity index (χ0) is 15.0. The van der Waals surface area contributed by atoms with Crippen molar-refractivity contribution in [2.24, 2.45) is 5.73 Å². The highest BCUT2D eigenvalue weighted by Crippen LogP contribution is 2.17. The van der Waals surface area contributed by atoms with E-state index in [4.69, 9.17) is 18.0 Å². The Morgan fingerprint density at radius 3 is 2.10 bits per heavy atom. The van der Waals surface area contributed by atoms with E-state index in [0.717, 1.165) is 26.2 Å². The van der Waals surface area contributed by atoms with Gasteiger partial charge in [-0.25, -0.2) is 0 Å². The molecule has 118 valence electrons. The smallest absolute Gasteiger partial charge is 0.0928 e. The van der Waals surface area contributed by atoms with Crippen LogP contribution in [0.2, 0.25) is 0 Å². The van der Waals surface area contributed by atoms with Gasteiger partial charge in [0.25, 0.3) is 0 Å². The minimum Gasteiger partial charge on any atom is -0.392 e. The van der Waals surface area contributed by atoms with Crippen molar-refractivity contribution in [3.63, 3.8) is 0 Å². The summed E-state index contributed by atoms with van der Waals surface area (Å²) in [6.45, 7) is 12.3. The van der Waals surface area contributed by atoms with Gasteiger partial charge in [0.05, 0.1) is 10.5 Å². The summed E-state index contributed by atoms with van der Waals surface area (Å²) in [7, 11) is 0. The number of rotatable bonds is 9. The molecule has 0 atom stereocenters. The highest BCUT2D eigenvalue weighted by Gasteiger charge is 2.31. The summed E-state index contributed by atoms with van der Waals surface area (Å²) < 4.78 is 0. The lowest BCUT2D eigenvalue weighted by Gasteiger charge is -2.43. The molecular weight excluding hydrogens is 266 g/mol. The Kier molecular flexibility index (Phi) is 8.00. The van der Waals surface area contributed by atoms with Gasteiger partial charge >= 0.3 is 0 Å². The lowest BCUT2D eigenvalue weighted by Crippen LogP contribution is -2.59. The maximum Gasteiger partial charge on any atom is 0.0928 e. The molecule has 0 amide bonds. The van der Waals surface area contributed by atoms with Crippen molar-refractivity contribution in [1.29, 1.82) is 0 Å². The first-order chi connectivity index (χ1) is 9.48. The average Bonchev–Trinajstić information content (AvgIpc) is 2.43. The molecule has 0 aromatic heterocycles. The van der Waals surface area contributed by atoms with Crippen LogP contribution in [0.15, 0.2) is 0 Å². The van der Waals surface area contributed by atoms with Crippen LogP contribution in [0.1, 0.15) is 59.3 Å². The van der Waals surface area contributed by atoms with E-state index < -0.39 is 0 Å². The molecule has 4 heteroatoms. The van der Waals surface area contributed by atoms with Crippen molar-refractivity contribution >= 4 is 17.2 Å². The van der Waals surface area contributed by atoms with Gasteiger partial charge in [-0.3, -0.25) is 4.90 Å². The molecule has 3 nitrogen and oxygen atoms in total. The Hall–Kier alpha value is -0.190. The fraction of sp³-hybridized carbons (Fsp3) is 0.938. The molecule has 1 saturated heterocycles. The van der Waals surface area contributed by atoms with Gasteiger partial charge in [-0.15, -0.1) is 0 Å². The van der Waals surface area contributed by atoms with Crippen LogP contribution in [-0.4, -0.2) is 53.1 Å². The molecule has 1 fully saturated rings. The lowest BCUT2D eigenvalue weighted by atomic mass is 10.0. The van der Waals surface area contributed by atoms with Gasteiger partial charge in [-0.2, -0.15) is 0 Å². The third-order valence-corrected chi connectivity index (χ3v) is 5.09. The lowest BCUT2D eigenvalue weighted by molar-refractivity contribution is 0.0850. The third kappa shape index (κ3) is 5.66. The van der Waals surface area contributed by atoms with E-state index in [2.05, 4.69) is 30.6 Å². The van der Waals surface area contributed by atoms with E-state index in [0.29, 0.717) is 4.99 Å². The van der Waals surface area contributed by atoms with Crippen LogP contribution in [0.25, 0.3) is 0 Å². The molecule has 20 heavy (non-hydrogen) atoms. The third-order valence-electron chi connectivity index (χ3n) is 4.59. The van der Waals surface area contributed by atoms with Gasteiger partial charge < -0.3 is 10.6 Å². The molecule has 1 aliphatic rings. The molecule has 1 rings (SSSR count). The van der Waals surface area contributed by atoms with Crippen LogP contribution in [0.5, 0.6) is 0 Å². The number of unbranched alkanes of at least 4 members (excludes halogenated alkanes) is 5. The number of nitrogens with zero attached hydrogens (tertiary/aromatic N) is 2.